The van der Waals surface area contributed by atoms with Gasteiger partial charge in [0, 0.05) is 16.2 Å². The SMILES string of the molecule is Cc1ccc(CC(N)C2Cc3ccccc3S2)cc1. The van der Waals surface area contributed by atoms with Gasteiger partial charge in [-0.25, -0.2) is 0 Å². The van der Waals surface area contributed by atoms with Crippen LogP contribution in [0.25, 0.3) is 0 Å². The molecule has 0 saturated heterocycles. The Kier molecular flexibility index (Phi) is 3.63. The number of hydrogen-bond acceptors (Lipinski definition) is 2. The molecule has 98 valence electrons. The minimum absolute atomic E-state index is 0.222. The molecule has 0 radical (unpaired) electrons. The maximum Gasteiger partial charge on any atom is 0.0290 e. The smallest absolute Gasteiger partial charge is 0.0290 e. The highest BCUT2D eigenvalue weighted by Crippen LogP contribution is 2.38. The van der Waals surface area contributed by atoms with E-state index in [-0.39, 0.29) is 6.04 Å². The van der Waals surface area contributed by atoms with Gasteiger partial charge in [0.25, 0.3) is 0 Å². The standard InChI is InChI=1S/C17H19NS/c1-12-6-8-13(9-7-12)10-15(18)17-11-14-4-2-3-5-16(14)19-17/h2-9,15,17H,10-11,18H2,1H3. The maximum absolute atomic E-state index is 6.41. The fourth-order valence-corrected chi connectivity index (χ4v) is 3.90. The molecule has 2 aromatic rings. The molecule has 3 rings (SSSR count). The average Bonchev–Trinajstić information content (AvgIpc) is 2.85. The number of aryl methyl sites for hydroxylation is 1. The summed E-state index contributed by atoms with van der Waals surface area (Å²) >= 11 is 1.94. The molecule has 0 spiro atoms. The third-order valence-electron chi connectivity index (χ3n) is 3.74. The normalized spacial score (nSPS) is 19.2. The van der Waals surface area contributed by atoms with E-state index in [0.717, 1.165) is 12.8 Å². The Labute approximate surface area is 119 Å². The quantitative estimate of drug-likeness (QED) is 0.921. The predicted molar refractivity (Wildman–Crippen MR) is 82.6 cm³/mol. The molecule has 0 saturated carbocycles. The van der Waals surface area contributed by atoms with Gasteiger partial charge in [-0.2, -0.15) is 0 Å². The van der Waals surface area contributed by atoms with Crippen molar-refractivity contribution in [2.24, 2.45) is 5.73 Å². The van der Waals surface area contributed by atoms with E-state index < -0.39 is 0 Å². The van der Waals surface area contributed by atoms with Crippen molar-refractivity contribution >= 4 is 11.8 Å². The van der Waals surface area contributed by atoms with E-state index in [0.29, 0.717) is 5.25 Å². The molecule has 0 bridgehead atoms. The Morgan fingerprint density at radius 2 is 1.89 bits per heavy atom. The molecule has 2 unspecified atom stereocenters. The number of thioether (sulfide) groups is 1. The van der Waals surface area contributed by atoms with Gasteiger partial charge >= 0.3 is 0 Å². The van der Waals surface area contributed by atoms with Crippen molar-refractivity contribution in [3.05, 3.63) is 65.2 Å². The highest BCUT2D eigenvalue weighted by Gasteiger charge is 2.26. The predicted octanol–water partition coefficient (Wildman–Crippen LogP) is 3.58. The van der Waals surface area contributed by atoms with Gasteiger partial charge in [-0.3, -0.25) is 0 Å². The lowest BCUT2D eigenvalue weighted by atomic mass is 9.99. The summed E-state index contributed by atoms with van der Waals surface area (Å²) < 4.78 is 0. The second-order valence-corrected chi connectivity index (χ2v) is 6.60. The molecule has 0 fully saturated rings. The second-order valence-electron chi connectivity index (χ2n) is 5.32. The first-order chi connectivity index (χ1) is 9.22. The average molecular weight is 269 g/mol. The van der Waals surface area contributed by atoms with Crippen molar-refractivity contribution in [3.63, 3.8) is 0 Å². The molecule has 2 atom stereocenters. The molecule has 0 aliphatic carbocycles. The van der Waals surface area contributed by atoms with E-state index in [1.165, 1.54) is 21.6 Å². The first-order valence-corrected chi connectivity index (χ1v) is 7.66. The third-order valence-corrected chi connectivity index (χ3v) is 5.21. The summed E-state index contributed by atoms with van der Waals surface area (Å²) in [6.45, 7) is 2.12. The van der Waals surface area contributed by atoms with E-state index in [2.05, 4.69) is 55.5 Å². The Morgan fingerprint density at radius 1 is 1.16 bits per heavy atom. The van der Waals surface area contributed by atoms with Crippen LogP contribution in [0.5, 0.6) is 0 Å². The van der Waals surface area contributed by atoms with E-state index in [9.17, 15) is 0 Å². The van der Waals surface area contributed by atoms with Crippen LogP contribution in [0, 0.1) is 6.92 Å². The minimum Gasteiger partial charge on any atom is -0.326 e. The molecule has 0 aromatic heterocycles. The van der Waals surface area contributed by atoms with Gasteiger partial charge in [0.05, 0.1) is 0 Å². The van der Waals surface area contributed by atoms with E-state index in [1.54, 1.807) is 0 Å². The maximum atomic E-state index is 6.41. The van der Waals surface area contributed by atoms with Crippen LogP contribution in [-0.4, -0.2) is 11.3 Å². The topological polar surface area (TPSA) is 26.0 Å². The summed E-state index contributed by atoms with van der Waals surface area (Å²) in [6.07, 6.45) is 2.07. The number of rotatable bonds is 3. The molecule has 1 aliphatic heterocycles. The molecule has 1 heterocycles. The van der Waals surface area contributed by atoms with Crippen LogP contribution in [0.1, 0.15) is 16.7 Å². The number of nitrogens with two attached hydrogens (primary N) is 1. The Morgan fingerprint density at radius 3 is 2.63 bits per heavy atom. The zero-order valence-electron chi connectivity index (χ0n) is 11.2. The second kappa shape index (κ2) is 5.40. The van der Waals surface area contributed by atoms with Crippen LogP contribution in [0.2, 0.25) is 0 Å². The number of hydrogen-bond donors (Lipinski definition) is 1. The molecular weight excluding hydrogens is 250 g/mol. The summed E-state index contributed by atoms with van der Waals surface area (Å²) in [5, 5.41) is 0.513. The van der Waals surface area contributed by atoms with E-state index in [1.807, 2.05) is 11.8 Å². The van der Waals surface area contributed by atoms with Gasteiger partial charge in [0.15, 0.2) is 0 Å². The first kappa shape index (κ1) is 12.8. The number of benzene rings is 2. The number of fused-ring (bicyclic) bond motifs is 1. The van der Waals surface area contributed by atoms with E-state index in [4.69, 9.17) is 5.73 Å². The molecule has 1 aliphatic rings. The van der Waals surface area contributed by atoms with Gasteiger partial charge in [0.1, 0.15) is 0 Å². The van der Waals surface area contributed by atoms with Crippen molar-refractivity contribution in [2.75, 3.05) is 0 Å². The first-order valence-electron chi connectivity index (χ1n) is 6.78. The highest BCUT2D eigenvalue weighted by molar-refractivity contribution is 8.00. The van der Waals surface area contributed by atoms with Crippen LogP contribution >= 0.6 is 11.8 Å². The van der Waals surface area contributed by atoms with Crippen molar-refractivity contribution in [3.8, 4) is 0 Å². The van der Waals surface area contributed by atoms with Gasteiger partial charge < -0.3 is 5.73 Å². The Bertz CT molecular complexity index is 537. The van der Waals surface area contributed by atoms with Crippen LogP contribution < -0.4 is 5.73 Å². The largest absolute Gasteiger partial charge is 0.326 e. The molecular formula is C17H19NS. The van der Waals surface area contributed by atoms with E-state index >= 15 is 0 Å². The molecule has 2 N–H and O–H groups in total. The fourth-order valence-electron chi connectivity index (χ4n) is 2.58. The zero-order chi connectivity index (χ0) is 13.2. The van der Waals surface area contributed by atoms with Crippen molar-refractivity contribution in [1.29, 1.82) is 0 Å². The Balaban J connectivity index is 1.66. The summed E-state index contributed by atoms with van der Waals surface area (Å²) in [4.78, 5) is 1.41. The lowest BCUT2D eigenvalue weighted by Crippen LogP contribution is -2.34. The van der Waals surface area contributed by atoms with Crippen LogP contribution in [-0.2, 0) is 12.8 Å². The molecule has 2 aromatic carbocycles. The third kappa shape index (κ3) is 2.85. The molecule has 1 nitrogen and oxygen atoms in total. The summed E-state index contributed by atoms with van der Waals surface area (Å²) in [5.41, 5.74) is 10.5. The highest BCUT2D eigenvalue weighted by atomic mass is 32.2. The minimum atomic E-state index is 0.222. The van der Waals surface area contributed by atoms with Crippen molar-refractivity contribution in [2.45, 2.75) is 36.0 Å². The van der Waals surface area contributed by atoms with Gasteiger partial charge in [0.2, 0.25) is 0 Å². The van der Waals surface area contributed by atoms with Crippen LogP contribution in [0.4, 0.5) is 0 Å². The van der Waals surface area contributed by atoms with Crippen LogP contribution in [0.3, 0.4) is 0 Å². The van der Waals surface area contributed by atoms with Crippen LogP contribution in [0.15, 0.2) is 53.4 Å². The molecule has 0 amide bonds. The molecule has 19 heavy (non-hydrogen) atoms. The van der Waals surface area contributed by atoms with Crippen molar-refractivity contribution < 1.29 is 0 Å². The lowest BCUT2D eigenvalue weighted by Gasteiger charge is -2.18. The van der Waals surface area contributed by atoms with Gasteiger partial charge in [-0.15, -0.1) is 11.8 Å². The van der Waals surface area contributed by atoms with Crippen molar-refractivity contribution in [1.82, 2.24) is 0 Å². The summed E-state index contributed by atoms with van der Waals surface area (Å²) in [7, 11) is 0. The van der Waals surface area contributed by atoms with Gasteiger partial charge in [-0.1, -0.05) is 48.0 Å². The molecule has 2 heteroatoms. The summed E-state index contributed by atoms with van der Waals surface area (Å²) in [5.74, 6) is 0. The summed E-state index contributed by atoms with van der Waals surface area (Å²) in [6, 6.07) is 17.6. The Hall–Kier alpha value is -1.25. The fraction of sp³-hybridized carbons (Fsp3) is 0.294. The zero-order valence-corrected chi connectivity index (χ0v) is 12.0. The van der Waals surface area contributed by atoms with Gasteiger partial charge in [-0.05, 0) is 37.0 Å². The lowest BCUT2D eigenvalue weighted by molar-refractivity contribution is 0.632. The monoisotopic (exact) mass is 269 g/mol.